The first-order valence-electron chi connectivity index (χ1n) is 7.08. The summed E-state index contributed by atoms with van der Waals surface area (Å²) in [6, 6.07) is 0. The number of nitrogens with two attached hydrogens (primary N) is 1. The van der Waals surface area contributed by atoms with Crippen molar-refractivity contribution in [2.75, 3.05) is 13.1 Å². The maximum atomic E-state index is 5.94. The molecule has 16 heavy (non-hydrogen) atoms. The predicted octanol–water partition coefficient (Wildman–Crippen LogP) is 2.92. The van der Waals surface area contributed by atoms with Gasteiger partial charge in [-0.3, -0.25) is 0 Å². The highest BCUT2D eigenvalue weighted by Crippen LogP contribution is 2.33. The standard InChI is InChI=1S/C14H30N2/c1-4-12(5-2)10-16-14(3,11-15)9-13-7-6-8-13/h12-13,16H,4-11,15H2,1-3H3. The van der Waals surface area contributed by atoms with E-state index in [0.29, 0.717) is 0 Å². The molecule has 1 aliphatic rings. The van der Waals surface area contributed by atoms with Gasteiger partial charge in [-0.15, -0.1) is 0 Å². The minimum atomic E-state index is 0.174. The number of hydrogen-bond donors (Lipinski definition) is 2. The summed E-state index contributed by atoms with van der Waals surface area (Å²) in [6.07, 6.45) is 8.08. The Morgan fingerprint density at radius 2 is 1.94 bits per heavy atom. The van der Waals surface area contributed by atoms with Crippen LogP contribution in [-0.4, -0.2) is 18.6 Å². The van der Waals surface area contributed by atoms with Gasteiger partial charge in [-0.25, -0.2) is 0 Å². The van der Waals surface area contributed by atoms with Gasteiger partial charge in [0.05, 0.1) is 0 Å². The molecule has 0 radical (unpaired) electrons. The second-order valence-corrected chi connectivity index (χ2v) is 5.83. The second-order valence-electron chi connectivity index (χ2n) is 5.83. The van der Waals surface area contributed by atoms with Gasteiger partial charge in [0.25, 0.3) is 0 Å². The van der Waals surface area contributed by atoms with Crippen molar-refractivity contribution in [1.29, 1.82) is 0 Å². The first-order chi connectivity index (χ1) is 7.63. The van der Waals surface area contributed by atoms with Gasteiger partial charge in [-0.1, -0.05) is 46.0 Å². The highest BCUT2D eigenvalue weighted by Gasteiger charge is 2.29. The molecule has 0 aromatic rings. The van der Waals surface area contributed by atoms with Gasteiger partial charge >= 0.3 is 0 Å². The van der Waals surface area contributed by atoms with Crippen LogP contribution in [0, 0.1) is 11.8 Å². The summed E-state index contributed by atoms with van der Waals surface area (Å²) in [5, 5.41) is 3.72. The van der Waals surface area contributed by atoms with Crippen LogP contribution < -0.4 is 11.1 Å². The third kappa shape index (κ3) is 4.06. The molecule has 1 unspecified atom stereocenters. The van der Waals surface area contributed by atoms with Crippen LogP contribution in [0.3, 0.4) is 0 Å². The molecule has 0 amide bonds. The molecule has 0 aromatic carbocycles. The maximum Gasteiger partial charge on any atom is 0.0278 e. The summed E-state index contributed by atoms with van der Waals surface area (Å²) < 4.78 is 0. The molecular weight excluding hydrogens is 196 g/mol. The van der Waals surface area contributed by atoms with E-state index in [-0.39, 0.29) is 5.54 Å². The lowest BCUT2D eigenvalue weighted by Gasteiger charge is -2.38. The Morgan fingerprint density at radius 3 is 2.31 bits per heavy atom. The lowest BCUT2D eigenvalue weighted by molar-refractivity contribution is 0.200. The minimum Gasteiger partial charge on any atom is -0.329 e. The maximum absolute atomic E-state index is 5.94. The fourth-order valence-corrected chi connectivity index (χ4v) is 2.53. The van der Waals surface area contributed by atoms with Crippen molar-refractivity contribution in [3.05, 3.63) is 0 Å². The van der Waals surface area contributed by atoms with E-state index in [2.05, 4.69) is 26.1 Å². The van der Waals surface area contributed by atoms with Gasteiger partial charge in [0.15, 0.2) is 0 Å². The molecule has 0 bridgehead atoms. The van der Waals surface area contributed by atoms with Crippen LogP contribution in [0.15, 0.2) is 0 Å². The summed E-state index contributed by atoms with van der Waals surface area (Å²) in [6.45, 7) is 8.76. The SMILES string of the molecule is CCC(CC)CNC(C)(CN)CC1CCC1. The first kappa shape index (κ1) is 14.0. The lowest BCUT2D eigenvalue weighted by Crippen LogP contribution is -2.51. The summed E-state index contributed by atoms with van der Waals surface area (Å²) in [5.74, 6) is 1.75. The van der Waals surface area contributed by atoms with Crippen LogP contribution in [-0.2, 0) is 0 Å². The van der Waals surface area contributed by atoms with Gasteiger partial charge < -0.3 is 11.1 Å². The first-order valence-corrected chi connectivity index (χ1v) is 7.08. The van der Waals surface area contributed by atoms with Crippen LogP contribution in [0.4, 0.5) is 0 Å². The Hall–Kier alpha value is -0.0800. The van der Waals surface area contributed by atoms with Crippen molar-refractivity contribution in [2.24, 2.45) is 17.6 Å². The van der Waals surface area contributed by atoms with E-state index in [9.17, 15) is 0 Å². The van der Waals surface area contributed by atoms with Crippen LogP contribution in [0.25, 0.3) is 0 Å². The van der Waals surface area contributed by atoms with Crippen molar-refractivity contribution in [2.45, 2.75) is 64.8 Å². The second kappa shape index (κ2) is 6.61. The summed E-state index contributed by atoms with van der Waals surface area (Å²) >= 11 is 0. The monoisotopic (exact) mass is 226 g/mol. The number of hydrogen-bond acceptors (Lipinski definition) is 2. The third-order valence-corrected chi connectivity index (χ3v) is 4.39. The van der Waals surface area contributed by atoms with Gasteiger partial charge in [0.2, 0.25) is 0 Å². The van der Waals surface area contributed by atoms with Gasteiger partial charge in [-0.2, -0.15) is 0 Å². The Labute approximate surface area is 101 Å². The van der Waals surface area contributed by atoms with Crippen LogP contribution >= 0.6 is 0 Å². The quantitative estimate of drug-likeness (QED) is 0.668. The summed E-state index contributed by atoms with van der Waals surface area (Å²) in [4.78, 5) is 0. The zero-order valence-electron chi connectivity index (χ0n) is 11.4. The molecule has 0 aliphatic heterocycles. The number of rotatable bonds is 8. The normalized spacial score (nSPS) is 20.8. The van der Waals surface area contributed by atoms with Crippen LogP contribution in [0.2, 0.25) is 0 Å². The fourth-order valence-electron chi connectivity index (χ4n) is 2.53. The van der Waals surface area contributed by atoms with Gasteiger partial charge in [0, 0.05) is 12.1 Å². The topological polar surface area (TPSA) is 38.0 Å². The highest BCUT2D eigenvalue weighted by molar-refractivity contribution is 4.89. The van der Waals surface area contributed by atoms with Crippen molar-refractivity contribution in [3.63, 3.8) is 0 Å². The molecular formula is C14H30N2. The Bertz CT molecular complexity index is 185. The molecule has 0 spiro atoms. The van der Waals surface area contributed by atoms with E-state index >= 15 is 0 Å². The smallest absolute Gasteiger partial charge is 0.0278 e. The van der Waals surface area contributed by atoms with Gasteiger partial charge in [0.1, 0.15) is 0 Å². The predicted molar refractivity (Wildman–Crippen MR) is 71.5 cm³/mol. The molecule has 96 valence electrons. The van der Waals surface area contributed by atoms with Crippen molar-refractivity contribution in [1.82, 2.24) is 5.32 Å². The molecule has 1 aliphatic carbocycles. The Kier molecular flexibility index (Phi) is 5.77. The van der Waals surface area contributed by atoms with E-state index in [1.54, 1.807) is 0 Å². The van der Waals surface area contributed by atoms with E-state index in [0.717, 1.165) is 24.9 Å². The van der Waals surface area contributed by atoms with Crippen molar-refractivity contribution < 1.29 is 0 Å². The van der Waals surface area contributed by atoms with E-state index in [4.69, 9.17) is 5.73 Å². The van der Waals surface area contributed by atoms with Crippen molar-refractivity contribution in [3.8, 4) is 0 Å². The van der Waals surface area contributed by atoms with E-state index in [1.165, 1.54) is 38.5 Å². The molecule has 0 heterocycles. The fraction of sp³-hybridized carbons (Fsp3) is 1.00. The molecule has 1 fully saturated rings. The highest BCUT2D eigenvalue weighted by atomic mass is 15.0. The zero-order valence-corrected chi connectivity index (χ0v) is 11.4. The minimum absolute atomic E-state index is 0.174. The molecule has 1 atom stereocenters. The molecule has 0 saturated heterocycles. The summed E-state index contributed by atoms with van der Waals surface area (Å²) in [5.41, 5.74) is 6.12. The molecule has 1 rings (SSSR count). The van der Waals surface area contributed by atoms with Crippen LogP contribution in [0.1, 0.15) is 59.3 Å². The number of nitrogens with one attached hydrogen (secondary N) is 1. The largest absolute Gasteiger partial charge is 0.329 e. The molecule has 1 saturated carbocycles. The molecule has 2 heteroatoms. The zero-order chi connectivity index (χ0) is 12.0. The van der Waals surface area contributed by atoms with Crippen molar-refractivity contribution >= 4 is 0 Å². The van der Waals surface area contributed by atoms with E-state index < -0.39 is 0 Å². The average molecular weight is 226 g/mol. The Balaban J connectivity index is 2.32. The Morgan fingerprint density at radius 1 is 1.31 bits per heavy atom. The molecule has 3 N–H and O–H groups in total. The summed E-state index contributed by atoms with van der Waals surface area (Å²) in [7, 11) is 0. The third-order valence-electron chi connectivity index (χ3n) is 4.39. The van der Waals surface area contributed by atoms with Crippen LogP contribution in [0.5, 0.6) is 0 Å². The average Bonchev–Trinajstić information content (AvgIpc) is 2.25. The van der Waals surface area contributed by atoms with Gasteiger partial charge in [-0.05, 0) is 31.7 Å². The van der Waals surface area contributed by atoms with E-state index in [1.807, 2.05) is 0 Å². The molecule has 2 nitrogen and oxygen atoms in total. The lowest BCUT2D eigenvalue weighted by atomic mass is 9.76. The molecule has 0 aromatic heterocycles.